The molecule has 0 bridgehead atoms. The molecular formula is C15H24N2S. The van der Waals surface area contributed by atoms with E-state index in [2.05, 4.69) is 47.7 Å². The monoisotopic (exact) mass is 264 g/mol. The van der Waals surface area contributed by atoms with Crippen LogP contribution in [0.1, 0.15) is 18.9 Å². The number of benzene rings is 1. The van der Waals surface area contributed by atoms with Crippen LogP contribution in [0.25, 0.3) is 0 Å². The maximum atomic E-state index is 3.41. The average molecular weight is 264 g/mol. The van der Waals surface area contributed by atoms with Crippen molar-refractivity contribution < 1.29 is 0 Å². The van der Waals surface area contributed by atoms with E-state index in [1.165, 1.54) is 36.4 Å². The Morgan fingerprint density at radius 1 is 1.22 bits per heavy atom. The summed E-state index contributed by atoms with van der Waals surface area (Å²) in [5.41, 5.74) is 1.47. The smallest absolute Gasteiger partial charge is 0.0110 e. The van der Waals surface area contributed by atoms with Crippen LogP contribution in [-0.4, -0.2) is 43.4 Å². The van der Waals surface area contributed by atoms with E-state index in [4.69, 9.17) is 0 Å². The van der Waals surface area contributed by atoms with Crippen molar-refractivity contribution in [2.75, 3.05) is 32.4 Å². The number of thioether (sulfide) groups is 1. The predicted molar refractivity (Wildman–Crippen MR) is 80.4 cm³/mol. The summed E-state index contributed by atoms with van der Waals surface area (Å²) in [7, 11) is 0. The fraction of sp³-hybridized carbons (Fsp3) is 0.600. The molecule has 18 heavy (non-hydrogen) atoms. The Bertz CT molecular complexity index is 344. The maximum Gasteiger partial charge on any atom is 0.0110 e. The summed E-state index contributed by atoms with van der Waals surface area (Å²) < 4.78 is 0. The van der Waals surface area contributed by atoms with Gasteiger partial charge >= 0.3 is 0 Å². The van der Waals surface area contributed by atoms with Crippen LogP contribution in [0.15, 0.2) is 29.2 Å². The molecule has 1 fully saturated rings. The Labute approximate surface area is 115 Å². The summed E-state index contributed by atoms with van der Waals surface area (Å²) in [6, 6.07) is 9.71. The van der Waals surface area contributed by atoms with Gasteiger partial charge in [0.2, 0.25) is 0 Å². The first-order chi connectivity index (χ1) is 8.79. The lowest BCUT2D eigenvalue weighted by atomic mass is 10.0. The Balaban J connectivity index is 1.78. The van der Waals surface area contributed by atoms with Gasteiger partial charge in [-0.3, -0.25) is 4.90 Å². The summed E-state index contributed by atoms with van der Waals surface area (Å²) in [4.78, 5) is 3.96. The van der Waals surface area contributed by atoms with Crippen LogP contribution in [0.2, 0.25) is 0 Å². The van der Waals surface area contributed by atoms with E-state index in [-0.39, 0.29) is 0 Å². The first-order valence-corrected chi connectivity index (χ1v) is 8.10. The number of nitrogens with one attached hydrogen (secondary N) is 1. The minimum atomic E-state index is 0.701. The van der Waals surface area contributed by atoms with Gasteiger partial charge in [-0.2, -0.15) is 0 Å². The molecule has 0 aliphatic carbocycles. The molecule has 0 aromatic heterocycles. The van der Waals surface area contributed by atoms with Crippen molar-refractivity contribution >= 4 is 11.8 Å². The minimum Gasteiger partial charge on any atom is -0.314 e. The molecule has 2 nitrogen and oxygen atoms in total. The van der Waals surface area contributed by atoms with Crippen LogP contribution in [-0.2, 0) is 6.42 Å². The van der Waals surface area contributed by atoms with Crippen molar-refractivity contribution in [3.8, 4) is 0 Å². The van der Waals surface area contributed by atoms with Gasteiger partial charge in [-0.15, -0.1) is 11.8 Å². The molecule has 0 amide bonds. The average Bonchev–Trinajstić information content (AvgIpc) is 2.46. The molecule has 100 valence electrons. The van der Waals surface area contributed by atoms with Crippen molar-refractivity contribution in [3.63, 3.8) is 0 Å². The molecule has 1 saturated heterocycles. The van der Waals surface area contributed by atoms with E-state index in [1.807, 2.05) is 11.8 Å². The Morgan fingerprint density at radius 2 is 1.89 bits per heavy atom. The van der Waals surface area contributed by atoms with Crippen LogP contribution in [0.3, 0.4) is 0 Å². The highest BCUT2D eigenvalue weighted by Gasteiger charge is 2.15. The Hall–Kier alpha value is -0.510. The largest absolute Gasteiger partial charge is 0.314 e. The molecule has 1 aliphatic rings. The summed E-state index contributed by atoms with van der Waals surface area (Å²) >= 11 is 1.81. The van der Waals surface area contributed by atoms with Crippen molar-refractivity contribution in [2.24, 2.45) is 0 Å². The van der Waals surface area contributed by atoms with Crippen LogP contribution in [0.5, 0.6) is 0 Å². The Morgan fingerprint density at radius 3 is 2.50 bits per heavy atom. The van der Waals surface area contributed by atoms with Gasteiger partial charge in [0.05, 0.1) is 0 Å². The van der Waals surface area contributed by atoms with Crippen molar-refractivity contribution in [3.05, 3.63) is 29.8 Å². The lowest BCUT2D eigenvalue weighted by molar-refractivity contribution is 0.177. The lowest BCUT2D eigenvalue weighted by Gasteiger charge is -2.32. The normalized spacial score (nSPS) is 18.8. The van der Waals surface area contributed by atoms with Crippen LogP contribution >= 0.6 is 11.8 Å². The summed E-state index contributed by atoms with van der Waals surface area (Å²) in [5.74, 6) is 0. The fourth-order valence-corrected chi connectivity index (χ4v) is 2.88. The maximum absolute atomic E-state index is 3.41. The number of rotatable bonds is 5. The van der Waals surface area contributed by atoms with Crippen LogP contribution < -0.4 is 5.32 Å². The van der Waals surface area contributed by atoms with Crippen molar-refractivity contribution in [1.82, 2.24) is 10.2 Å². The van der Waals surface area contributed by atoms with Gasteiger partial charge in [0.1, 0.15) is 0 Å². The van der Waals surface area contributed by atoms with Gasteiger partial charge in [-0.1, -0.05) is 12.1 Å². The van der Waals surface area contributed by atoms with Crippen molar-refractivity contribution in [2.45, 2.75) is 30.7 Å². The summed E-state index contributed by atoms with van der Waals surface area (Å²) in [6.45, 7) is 7.06. The standard InChI is InChI=1S/C15H24N2S/c1-13(17-11-9-16-10-12-17)3-4-14-5-7-15(18-2)8-6-14/h5-8,13,16H,3-4,9-12H2,1-2H3. The summed E-state index contributed by atoms with van der Waals surface area (Å²) in [6.07, 6.45) is 4.58. The van der Waals surface area contributed by atoms with E-state index in [0.29, 0.717) is 6.04 Å². The topological polar surface area (TPSA) is 15.3 Å². The van der Waals surface area contributed by atoms with E-state index < -0.39 is 0 Å². The predicted octanol–water partition coefficient (Wildman–Crippen LogP) is 2.63. The third-order valence-corrected chi connectivity index (χ3v) is 4.53. The van der Waals surface area contributed by atoms with Gasteiger partial charge in [-0.05, 0) is 43.7 Å². The molecule has 1 aromatic carbocycles. The molecule has 0 saturated carbocycles. The van der Waals surface area contributed by atoms with Gasteiger partial charge in [0.25, 0.3) is 0 Å². The number of nitrogens with zero attached hydrogens (tertiary/aromatic N) is 1. The van der Waals surface area contributed by atoms with Gasteiger partial charge in [0, 0.05) is 37.1 Å². The molecule has 1 heterocycles. The number of aryl methyl sites for hydroxylation is 1. The second kappa shape index (κ2) is 7.17. The zero-order valence-electron chi connectivity index (χ0n) is 11.5. The zero-order valence-corrected chi connectivity index (χ0v) is 12.3. The molecule has 1 N–H and O–H groups in total. The third-order valence-electron chi connectivity index (χ3n) is 3.78. The second-order valence-electron chi connectivity index (χ2n) is 5.02. The SMILES string of the molecule is CSc1ccc(CCC(C)N2CCNCC2)cc1. The number of hydrogen-bond donors (Lipinski definition) is 1. The highest BCUT2D eigenvalue weighted by molar-refractivity contribution is 7.98. The molecule has 1 aromatic rings. The lowest BCUT2D eigenvalue weighted by Crippen LogP contribution is -2.47. The van der Waals surface area contributed by atoms with E-state index >= 15 is 0 Å². The summed E-state index contributed by atoms with van der Waals surface area (Å²) in [5, 5.41) is 3.41. The second-order valence-corrected chi connectivity index (χ2v) is 5.90. The zero-order chi connectivity index (χ0) is 12.8. The van der Waals surface area contributed by atoms with Gasteiger partial charge in [-0.25, -0.2) is 0 Å². The van der Waals surface area contributed by atoms with E-state index in [0.717, 1.165) is 13.1 Å². The van der Waals surface area contributed by atoms with E-state index in [1.54, 1.807) is 0 Å². The van der Waals surface area contributed by atoms with Crippen LogP contribution in [0.4, 0.5) is 0 Å². The van der Waals surface area contributed by atoms with E-state index in [9.17, 15) is 0 Å². The highest BCUT2D eigenvalue weighted by atomic mass is 32.2. The molecule has 3 heteroatoms. The Kier molecular flexibility index (Phi) is 5.54. The molecule has 0 radical (unpaired) electrons. The molecule has 0 spiro atoms. The quantitative estimate of drug-likeness (QED) is 0.823. The van der Waals surface area contributed by atoms with Gasteiger partial charge < -0.3 is 5.32 Å². The first-order valence-electron chi connectivity index (χ1n) is 6.87. The molecular weight excluding hydrogens is 240 g/mol. The van der Waals surface area contributed by atoms with Gasteiger partial charge in [0.15, 0.2) is 0 Å². The number of hydrogen-bond acceptors (Lipinski definition) is 3. The first kappa shape index (κ1) is 13.9. The number of piperazine rings is 1. The molecule has 2 rings (SSSR count). The minimum absolute atomic E-state index is 0.701. The van der Waals surface area contributed by atoms with Crippen LogP contribution in [0, 0.1) is 0 Å². The molecule has 1 aliphatic heterocycles. The fourth-order valence-electron chi connectivity index (χ4n) is 2.47. The molecule has 1 atom stereocenters. The third kappa shape index (κ3) is 4.01. The molecule has 1 unspecified atom stereocenters. The van der Waals surface area contributed by atoms with Crippen molar-refractivity contribution in [1.29, 1.82) is 0 Å². The highest BCUT2D eigenvalue weighted by Crippen LogP contribution is 2.16.